The largest absolute Gasteiger partial charge is 0.310 e. The molecule has 1 aromatic carbocycles. The van der Waals surface area contributed by atoms with Crippen molar-refractivity contribution in [3.8, 4) is 0 Å². The Bertz CT molecular complexity index is 298. The summed E-state index contributed by atoms with van der Waals surface area (Å²) < 4.78 is 12.9. The van der Waals surface area contributed by atoms with E-state index >= 15 is 0 Å². The van der Waals surface area contributed by atoms with Crippen LogP contribution in [0.1, 0.15) is 24.9 Å². The van der Waals surface area contributed by atoms with E-state index in [4.69, 9.17) is 0 Å². The second-order valence-corrected chi connectivity index (χ2v) is 3.75. The van der Waals surface area contributed by atoms with Gasteiger partial charge < -0.3 is 5.32 Å². The molecule has 2 atom stereocenters. The zero-order valence-electron chi connectivity index (χ0n) is 7.76. The summed E-state index contributed by atoms with van der Waals surface area (Å²) in [7, 11) is 0. The van der Waals surface area contributed by atoms with E-state index in [1.807, 2.05) is 6.07 Å². The Kier molecular flexibility index (Phi) is 2.32. The lowest BCUT2D eigenvalue weighted by Crippen LogP contribution is -2.16. The summed E-state index contributed by atoms with van der Waals surface area (Å²) in [5.41, 5.74) is 1.07. The molecule has 0 amide bonds. The summed E-state index contributed by atoms with van der Waals surface area (Å²) in [5.74, 6) is 0.472. The van der Waals surface area contributed by atoms with E-state index in [-0.39, 0.29) is 5.82 Å². The van der Waals surface area contributed by atoms with Crippen molar-refractivity contribution in [1.29, 1.82) is 0 Å². The van der Waals surface area contributed by atoms with Gasteiger partial charge in [0.25, 0.3) is 0 Å². The molecule has 13 heavy (non-hydrogen) atoms. The Hall–Kier alpha value is -0.890. The summed E-state index contributed by atoms with van der Waals surface area (Å²) in [5, 5.41) is 3.38. The topological polar surface area (TPSA) is 12.0 Å². The van der Waals surface area contributed by atoms with E-state index in [1.165, 1.54) is 12.5 Å². The van der Waals surface area contributed by atoms with Crippen LogP contribution in [0.2, 0.25) is 0 Å². The van der Waals surface area contributed by atoms with Crippen molar-refractivity contribution < 1.29 is 4.39 Å². The minimum Gasteiger partial charge on any atom is -0.310 e. The number of nitrogens with one attached hydrogen (secondary N) is 1. The molecule has 2 rings (SSSR count). The molecule has 0 bridgehead atoms. The van der Waals surface area contributed by atoms with Gasteiger partial charge in [0, 0.05) is 6.04 Å². The molecule has 0 aliphatic carbocycles. The lowest BCUT2D eigenvalue weighted by atomic mass is 9.96. The minimum atomic E-state index is -0.140. The van der Waals surface area contributed by atoms with Gasteiger partial charge in [0.05, 0.1) is 0 Å². The molecule has 2 heteroatoms. The van der Waals surface area contributed by atoms with E-state index in [9.17, 15) is 4.39 Å². The second kappa shape index (κ2) is 3.46. The van der Waals surface area contributed by atoms with E-state index < -0.39 is 0 Å². The van der Waals surface area contributed by atoms with Crippen molar-refractivity contribution >= 4 is 0 Å². The molecule has 0 aromatic heterocycles. The first-order valence-electron chi connectivity index (χ1n) is 4.76. The predicted octanol–water partition coefficient (Wildman–Crippen LogP) is 2.50. The molecule has 1 aliphatic rings. The Balaban J connectivity index is 2.24. The number of hydrogen-bond acceptors (Lipinski definition) is 1. The predicted molar refractivity (Wildman–Crippen MR) is 50.9 cm³/mol. The average Bonchev–Trinajstić information content (AvgIpc) is 2.51. The van der Waals surface area contributed by atoms with Crippen LogP contribution < -0.4 is 5.32 Å². The first kappa shape index (κ1) is 8.70. The Morgan fingerprint density at radius 2 is 2.31 bits per heavy atom. The van der Waals surface area contributed by atoms with Crippen LogP contribution in [-0.2, 0) is 0 Å². The van der Waals surface area contributed by atoms with Gasteiger partial charge in [0.15, 0.2) is 0 Å². The van der Waals surface area contributed by atoms with Crippen molar-refractivity contribution in [2.75, 3.05) is 6.54 Å². The third kappa shape index (κ3) is 1.73. The molecule has 1 N–H and O–H groups in total. The maximum Gasteiger partial charge on any atom is 0.123 e. The highest BCUT2D eigenvalue weighted by Crippen LogP contribution is 2.28. The normalized spacial score (nSPS) is 27.8. The Morgan fingerprint density at radius 3 is 2.92 bits per heavy atom. The highest BCUT2D eigenvalue weighted by molar-refractivity contribution is 5.21. The molecule has 70 valence electrons. The third-order valence-electron chi connectivity index (χ3n) is 2.74. The minimum absolute atomic E-state index is 0.140. The first-order chi connectivity index (χ1) is 6.27. The van der Waals surface area contributed by atoms with Gasteiger partial charge in [-0.15, -0.1) is 0 Å². The molecule has 0 saturated carbocycles. The van der Waals surface area contributed by atoms with Crippen LogP contribution >= 0.6 is 0 Å². The summed E-state index contributed by atoms with van der Waals surface area (Å²) >= 11 is 0. The fraction of sp³-hybridized carbons (Fsp3) is 0.455. The summed E-state index contributed by atoms with van der Waals surface area (Å²) in [4.78, 5) is 0. The highest BCUT2D eigenvalue weighted by atomic mass is 19.1. The molecule has 0 spiro atoms. The molecule has 1 saturated heterocycles. The number of hydrogen-bond donors (Lipinski definition) is 1. The van der Waals surface area contributed by atoms with Gasteiger partial charge in [-0.05, 0) is 36.6 Å². The maximum absolute atomic E-state index is 12.9. The van der Waals surface area contributed by atoms with Crippen LogP contribution in [0, 0.1) is 11.7 Å². The highest BCUT2D eigenvalue weighted by Gasteiger charge is 2.23. The van der Waals surface area contributed by atoms with Gasteiger partial charge in [-0.1, -0.05) is 19.1 Å². The number of benzene rings is 1. The number of halogens is 1. The smallest absolute Gasteiger partial charge is 0.123 e. The van der Waals surface area contributed by atoms with Gasteiger partial charge in [-0.3, -0.25) is 0 Å². The van der Waals surface area contributed by atoms with E-state index in [2.05, 4.69) is 12.2 Å². The molecule has 0 radical (unpaired) electrons. The summed E-state index contributed by atoms with van der Waals surface area (Å²) in [6, 6.07) is 7.22. The van der Waals surface area contributed by atoms with Crippen LogP contribution in [0.4, 0.5) is 4.39 Å². The molecule has 1 heterocycles. The zero-order valence-corrected chi connectivity index (χ0v) is 7.76. The van der Waals surface area contributed by atoms with Gasteiger partial charge in [0.1, 0.15) is 5.82 Å². The van der Waals surface area contributed by atoms with Crippen LogP contribution in [0.25, 0.3) is 0 Å². The van der Waals surface area contributed by atoms with Crippen LogP contribution in [0.5, 0.6) is 0 Å². The monoisotopic (exact) mass is 179 g/mol. The molecular formula is C11H14FN. The molecule has 0 unspecified atom stereocenters. The fourth-order valence-electron chi connectivity index (χ4n) is 1.98. The van der Waals surface area contributed by atoms with Gasteiger partial charge in [-0.25, -0.2) is 4.39 Å². The van der Waals surface area contributed by atoms with E-state index in [0.29, 0.717) is 12.0 Å². The molecule has 1 fully saturated rings. The fourth-order valence-corrected chi connectivity index (χ4v) is 1.98. The van der Waals surface area contributed by atoms with Crippen molar-refractivity contribution in [3.63, 3.8) is 0 Å². The van der Waals surface area contributed by atoms with Crippen molar-refractivity contribution in [3.05, 3.63) is 35.6 Å². The molecule has 1 nitrogen and oxygen atoms in total. The van der Waals surface area contributed by atoms with Gasteiger partial charge in [0.2, 0.25) is 0 Å². The van der Waals surface area contributed by atoms with E-state index in [0.717, 1.165) is 12.1 Å². The molecular weight excluding hydrogens is 165 g/mol. The standard InChI is InChI=1S/C11H14FN/c1-8-5-6-13-11(8)9-3-2-4-10(12)7-9/h2-4,7-8,11,13H,5-6H2,1H3/t8-,11+/m0/s1. The average molecular weight is 179 g/mol. The van der Waals surface area contributed by atoms with Gasteiger partial charge >= 0.3 is 0 Å². The zero-order chi connectivity index (χ0) is 9.26. The Morgan fingerprint density at radius 1 is 1.46 bits per heavy atom. The Labute approximate surface area is 78.0 Å². The SMILES string of the molecule is C[C@H]1CCN[C@H]1c1cccc(F)c1. The van der Waals surface area contributed by atoms with Crippen LogP contribution in [0.3, 0.4) is 0 Å². The second-order valence-electron chi connectivity index (χ2n) is 3.75. The van der Waals surface area contributed by atoms with Crippen LogP contribution in [0.15, 0.2) is 24.3 Å². The van der Waals surface area contributed by atoms with E-state index in [1.54, 1.807) is 12.1 Å². The summed E-state index contributed by atoms with van der Waals surface area (Å²) in [6.07, 6.45) is 1.18. The van der Waals surface area contributed by atoms with Crippen LogP contribution in [-0.4, -0.2) is 6.54 Å². The first-order valence-corrected chi connectivity index (χ1v) is 4.76. The molecule has 1 aromatic rings. The number of rotatable bonds is 1. The van der Waals surface area contributed by atoms with Gasteiger partial charge in [-0.2, -0.15) is 0 Å². The van der Waals surface area contributed by atoms with Crippen molar-refractivity contribution in [1.82, 2.24) is 5.32 Å². The lowest BCUT2D eigenvalue weighted by Gasteiger charge is -2.15. The van der Waals surface area contributed by atoms with Crippen molar-refractivity contribution in [2.45, 2.75) is 19.4 Å². The lowest BCUT2D eigenvalue weighted by molar-refractivity contribution is 0.500. The third-order valence-corrected chi connectivity index (χ3v) is 2.74. The maximum atomic E-state index is 12.9. The summed E-state index contributed by atoms with van der Waals surface area (Å²) in [6.45, 7) is 3.25. The molecule has 1 aliphatic heterocycles. The quantitative estimate of drug-likeness (QED) is 0.698. The van der Waals surface area contributed by atoms with Crippen molar-refractivity contribution in [2.24, 2.45) is 5.92 Å².